The lowest BCUT2D eigenvalue weighted by Crippen LogP contribution is -2.52. The van der Waals surface area contributed by atoms with E-state index in [9.17, 15) is 8.78 Å². The Morgan fingerprint density at radius 1 is 1.27 bits per heavy atom. The van der Waals surface area contributed by atoms with E-state index >= 15 is 0 Å². The van der Waals surface area contributed by atoms with Gasteiger partial charge in [0.2, 0.25) is 0 Å². The molecule has 1 heterocycles. The SMILES string of the molecule is FC1(F)CNCCC1Oc1ccccc1. The average molecular weight is 213 g/mol. The van der Waals surface area contributed by atoms with Gasteiger partial charge in [0, 0.05) is 6.42 Å². The molecule has 0 amide bonds. The van der Waals surface area contributed by atoms with E-state index in [1.165, 1.54) is 0 Å². The molecule has 1 N–H and O–H groups in total. The van der Waals surface area contributed by atoms with Gasteiger partial charge in [0.25, 0.3) is 5.92 Å². The third-order valence-corrected chi connectivity index (χ3v) is 2.44. The van der Waals surface area contributed by atoms with Crippen molar-refractivity contribution < 1.29 is 13.5 Å². The molecular weight excluding hydrogens is 200 g/mol. The van der Waals surface area contributed by atoms with Crippen LogP contribution in [0, 0.1) is 0 Å². The second kappa shape index (κ2) is 4.14. The molecule has 1 aromatic rings. The molecule has 2 nitrogen and oxygen atoms in total. The Kier molecular flexibility index (Phi) is 2.86. The zero-order valence-corrected chi connectivity index (χ0v) is 8.25. The molecule has 1 aliphatic rings. The molecule has 0 bridgehead atoms. The zero-order chi connectivity index (χ0) is 10.7. The van der Waals surface area contributed by atoms with Crippen LogP contribution in [0.2, 0.25) is 0 Å². The highest BCUT2D eigenvalue weighted by atomic mass is 19.3. The van der Waals surface area contributed by atoms with Crippen molar-refractivity contribution in [1.82, 2.24) is 5.32 Å². The first-order chi connectivity index (χ1) is 7.18. The Bertz CT molecular complexity index is 316. The molecule has 1 aliphatic heterocycles. The van der Waals surface area contributed by atoms with Crippen LogP contribution >= 0.6 is 0 Å². The third kappa shape index (κ3) is 2.45. The number of hydrogen-bond acceptors (Lipinski definition) is 2. The molecule has 0 saturated carbocycles. The Labute approximate surface area is 87.2 Å². The Balaban J connectivity index is 2.05. The number of nitrogens with one attached hydrogen (secondary N) is 1. The minimum absolute atomic E-state index is 0.301. The van der Waals surface area contributed by atoms with Crippen molar-refractivity contribution in [3.8, 4) is 5.75 Å². The van der Waals surface area contributed by atoms with Crippen LogP contribution in [0.5, 0.6) is 5.75 Å². The van der Waals surface area contributed by atoms with E-state index in [4.69, 9.17) is 4.74 Å². The van der Waals surface area contributed by atoms with Crippen LogP contribution in [0.3, 0.4) is 0 Å². The molecule has 15 heavy (non-hydrogen) atoms. The summed E-state index contributed by atoms with van der Waals surface area (Å²) in [5.41, 5.74) is 0. The van der Waals surface area contributed by atoms with Crippen LogP contribution in [0.15, 0.2) is 30.3 Å². The number of benzene rings is 1. The molecule has 1 saturated heterocycles. The number of alkyl halides is 2. The van der Waals surface area contributed by atoms with E-state index in [1.807, 2.05) is 6.07 Å². The van der Waals surface area contributed by atoms with Crippen molar-refractivity contribution in [3.63, 3.8) is 0 Å². The van der Waals surface area contributed by atoms with Gasteiger partial charge in [0.15, 0.2) is 6.10 Å². The smallest absolute Gasteiger partial charge is 0.296 e. The van der Waals surface area contributed by atoms with E-state index < -0.39 is 12.0 Å². The third-order valence-electron chi connectivity index (χ3n) is 2.44. The van der Waals surface area contributed by atoms with E-state index in [1.54, 1.807) is 24.3 Å². The molecule has 1 atom stereocenters. The first-order valence-corrected chi connectivity index (χ1v) is 4.99. The maximum Gasteiger partial charge on any atom is 0.296 e. The zero-order valence-electron chi connectivity index (χ0n) is 8.25. The van der Waals surface area contributed by atoms with Gasteiger partial charge >= 0.3 is 0 Å². The summed E-state index contributed by atoms with van der Waals surface area (Å²) in [7, 11) is 0. The lowest BCUT2D eigenvalue weighted by molar-refractivity contribution is -0.108. The Morgan fingerprint density at radius 3 is 2.67 bits per heavy atom. The van der Waals surface area contributed by atoms with E-state index in [0.717, 1.165) is 0 Å². The lowest BCUT2D eigenvalue weighted by Gasteiger charge is -2.31. The van der Waals surface area contributed by atoms with Crippen molar-refractivity contribution in [2.45, 2.75) is 18.4 Å². The molecule has 2 rings (SSSR count). The number of hydrogen-bond donors (Lipinski definition) is 1. The fourth-order valence-corrected chi connectivity index (χ4v) is 1.62. The van der Waals surface area contributed by atoms with Gasteiger partial charge < -0.3 is 10.1 Å². The molecule has 0 radical (unpaired) electrons. The Hall–Kier alpha value is -1.16. The topological polar surface area (TPSA) is 21.3 Å². The van der Waals surface area contributed by atoms with Crippen molar-refractivity contribution in [2.24, 2.45) is 0 Å². The van der Waals surface area contributed by atoms with E-state index in [-0.39, 0.29) is 6.54 Å². The average Bonchev–Trinajstić information content (AvgIpc) is 2.23. The molecule has 1 unspecified atom stereocenters. The summed E-state index contributed by atoms with van der Waals surface area (Å²) in [6.45, 7) is 0.275. The van der Waals surface area contributed by atoms with Crippen molar-refractivity contribution >= 4 is 0 Å². The van der Waals surface area contributed by atoms with Gasteiger partial charge in [-0.2, -0.15) is 0 Å². The summed E-state index contributed by atoms with van der Waals surface area (Å²) < 4.78 is 32.0. The highest BCUT2D eigenvalue weighted by Crippen LogP contribution is 2.27. The number of ether oxygens (including phenoxy) is 1. The first-order valence-electron chi connectivity index (χ1n) is 4.99. The van der Waals surface area contributed by atoms with Crippen LogP contribution in [-0.2, 0) is 0 Å². The summed E-state index contributed by atoms with van der Waals surface area (Å²) in [6.07, 6.45) is -0.678. The molecule has 4 heteroatoms. The Morgan fingerprint density at radius 2 is 2.00 bits per heavy atom. The maximum absolute atomic E-state index is 13.4. The lowest BCUT2D eigenvalue weighted by atomic mass is 10.1. The predicted molar refractivity (Wildman–Crippen MR) is 53.3 cm³/mol. The fraction of sp³-hybridized carbons (Fsp3) is 0.455. The van der Waals surface area contributed by atoms with Gasteiger partial charge in [-0.15, -0.1) is 0 Å². The van der Waals surface area contributed by atoms with Crippen LogP contribution < -0.4 is 10.1 Å². The van der Waals surface area contributed by atoms with Gasteiger partial charge in [-0.3, -0.25) is 0 Å². The normalized spacial score (nSPS) is 24.8. The van der Waals surface area contributed by atoms with Crippen LogP contribution in [-0.4, -0.2) is 25.1 Å². The molecule has 82 valence electrons. The highest BCUT2D eigenvalue weighted by molar-refractivity contribution is 5.21. The number of rotatable bonds is 2. The van der Waals surface area contributed by atoms with Crippen LogP contribution in [0.1, 0.15) is 6.42 Å². The first kappa shape index (κ1) is 10.4. The minimum atomic E-state index is -2.78. The van der Waals surface area contributed by atoms with Crippen molar-refractivity contribution in [1.29, 1.82) is 0 Å². The van der Waals surface area contributed by atoms with Gasteiger partial charge in [-0.25, -0.2) is 8.78 Å². The molecular formula is C11H13F2NO. The quantitative estimate of drug-likeness (QED) is 0.812. The van der Waals surface area contributed by atoms with E-state index in [0.29, 0.717) is 18.7 Å². The minimum Gasteiger partial charge on any atom is -0.484 e. The van der Waals surface area contributed by atoms with E-state index in [2.05, 4.69) is 5.32 Å². The number of halogens is 2. The largest absolute Gasteiger partial charge is 0.484 e. The standard InChI is InChI=1S/C11H13F2NO/c12-11(13)8-14-7-6-10(11)15-9-4-2-1-3-5-9/h1-5,10,14H,6-8H2. The molecule has 1 aromatic carbocycles. The van der Waals surface area contributed by atoms with Gasteiger partial charge in [-0.05, 0) is 18.7 Å². The molecule has 0 aliphatic carbocycles. The van der Waals surface area contributed by atoms with Crippen LogP contribution in [0.4, 0.5) is 8.78 Å². The van der Waals surface area contributed by atoms with Crippen molar-refractivity contribution in [2.75, 3.05) is 13.1 Å². The second-order valence-corrected chi connectivity index (χ2v) is 3.65. The molecule has 1 fully saturated rings. The fourth-order valence-electron chi connectivity index (χ4n) is 1.62. The second-order valence-electron chi connectivity index (χ2n) is 3.65. The van der Waals surface area contributed by atoms with Gasteiger partial charge in [-0.1, -0.05) is 18.2 Å². The number of para-hydroxylation sites is 1. The summed E-state index contributed by atoms with van der Waals surface area (Å²) in [5, 5.41) is 2.66. The number of piperidine rings is 1. The maximum atomic E-state index is 13.4. The summed E-state index contributed by atoms with van der Waals surface area (Å²) in [6, 6.07) is 8.76. The molecule has 0 spiro atoms. The van der Waals surface area contributed by atoms with Gasteiger partial charge in [0.05, 0.1) is 6.54 Å². The predicted octanol–water partition coefficient (Wildman–Crippen LogP) is 2.06. The molecule has 0 aromatic heterocycles. The summed E-state index contributed by atoms with van der Waals surface area (Å²) >= 11 is 0. The monoisotopic (exact) mass is 213 g/mol. The van der Waals surface area contributed by atoms with Gasteiger partial charge in [0.1, 0.15) is 5.75 Å². The summed E-state index contributed by atoms with van der Waals surface area (Å²) in [5.74, 6) is -2.28. The van der Waals surface area contributed by atoms with Crippen molar-refractivity contribution in [3.05, 3.63) is 30.3 Å². The highest BCUT2D eigenvalue weighted by Gasteiger charge is 2.43. The summed E-state index contributed by atoms with van der Waals surface area (Å²) in [4.78, 5) is 0. The van der Waals surface area contributed by atoms with Crippen LogP contribution in [0.25, 0.3) is 0 Å².